The Bertz CT molecular complexity index is 627. The van der Waals surface area contributed by atoms with Crippen molar-refractivity contribution in [2.75, 3.05) is 31.1 Å². The molecule has 2 N–H and O–H groups in total. The number of non-ortho nitro benzene ring substituents is 1. The van der Waals surface area contributed by atoms with Crippen LogP contribution in [0.2, 0.25) is 0 Å². The molecular weight excluding hydrogens is 312 g/mol. The van der Waals surface area contributed by atoms with Gasteiger partial charge in [0.1, 0.15) is 0 Å². The molecular formula is C16H22N4O4. The Morgan fingerprint density at radius 2 is 1.83 bits per heavy atom. The maximum atomic E-state index is 12.5. The van der Waals surface area contributed by atoms with Crippen molar-refractivity contribution >= 4 is 23.2 Å². The van der Waals surface area contributed by atoms with E-state index in [-0.39, 0.29) is 24.0 Å². The first kappa shape index (κ1) is 17.7. The molecule has 1 fully saturated rings. The minimum Gasteiger partial charge on any atom is -0.371 e. The van der Waals surface area contributed by atoms with Crippen molar-refractivity contribution in [3.8, 4) is 0 Å². The second-order valence-electron chi connectivity index (χ2n) is 5.75. The predicted octanol–water partition coefficient (Wildman–Crippen LogP) is 1.45. The summed E-state index contributed by atoms with van der Waals surface area (Å²) >= 11 is 0. The lowest BCUT2D eigenvalue weighted by Crippen LogP contribution is -2.36. The van der Waals surface area contributed by atoms with Crippen molar-refractivity contribution in [1.82, 2.24) is 10.6 Å². The lowest BCUT2D eigenvalue weighted by atomic mass is 10.1. The van der Waals surface area contributed by atoms with Crippen molar-refractivity contribution < 1.29 is 14.5 Å². The maximum absolute atomic E-state index is 12.5. The average molecular weight is 334 g/mol. The van der Waals surface area contributed by atoms with E-state index < -0.39 is 4.92 Å². The summed E-state index contributed by atoms with van der Waals surface area (Å²) in [5.74, 6) is -0.543. The first-order valence-corrected chi connectivity index (χ1v) is 8.05. The molecule has 0 radical (unpaired) electrons. The number of hydrogen-bond donors (Lipinski definition) is 2. The largest absolute Gasteiger partial charge is 0.371 e. The predicted molar refractivity (Wildman–Crippen MR) is 90.2 cm³/mol. The van der Waals surface area contributed by atoms with Gasteiger partial charge in [-0.1, -0.05) is 0 Å². The van der Waals surface area contributed by atoms with Crippen LogP contribution in [0.1, 0.15) is 36.5 Å². The molecule has 0 aromatic heterocycles. The Morgan fingerprint density at radius 3 is 2.46 bits per heavy atom. The van der Waals surface area contributed by atoms with Gasteiger partial charge in [-0.15, -0.1) is 0 Å². The molecule has 24 heavy (non-hydrogen) atoms. The zero-order valence-electron chi connectivity index (χ0n) is 13.7. The van der Waals surface area contributed by atoms with Crippen LogP contribution >= 0.6 is 0 Å². The Hall–Kier alpha value is -2.64. The molecule has 1 heterocycles. The molecule has 130 valence electrons. The van der Waals surface area contributed by atoms with Gasteiger partial charge in [-0.25, -0.2) is 0 Å². The third-order valence-corrected chi connectivity index (χ3v) is 3.92. The van der Waals surface area contributed by atoms with Crippen molar-refractivity contribution in [1.29, 1.82) is 0 Å². The van der Waals surface area contributed by atoms with Crippen LogP contribution in [-0.4, -0.2) is 42.9 Å². The Kier molecular flexibility index (Phi) is 6.11. The van der Waals surface area contributed by atoms with Crippen LogP contribution in [0.25, 0.3) is 0 Å². The molecule has 0 atom stereocenters. The van der Waals surface area contributed by atoms with Crippen LogP contribution in [0, 0.1) is 10.1 Å². The number of carbonyl (C=O) groups excluding carboxylic acids is 2. The highest BCUT2D eigenvalue weighted by Gasteiger charge is 2.21. The smallest absolute Gasteiger partial charge is 0.270 e. The average Bonchev–Trinajstić information content (AvgIpc) is 2.58. The van der Waals surface area contributed by atoms with Gasteiger partial charge >= 0.3 is 0 Å². The number of amides is 2. The molecule has 1 aliphatic rings. The van der Waals surface area contributed by atoms with E-state index in [2.05, 4.69) is 15.5 Å². The Labute approximate surface area is 140 Å². The number of hydrogen-bond acceptors (Lipinski definition) is 5. The minimum atomic E-state index is -0.506. The first-order chi connectivity index (χ1) is 11.5. The van der Waals surface area contributed by atoms with E-state index in [1.54, 1.807) is 6.07 Å². The molecule has 2 amide bonds. The summed E-state index contributed by atoms with van der Waals surface area (Å²) in [6.07, 6.45) is 3.24. The summed E-state index contributed by atoms with van der Waals surface area (Å²) < 4.78 is 0. The third-order valence-electron chi connectivity index (χ3n) is 3.92. The molecule has 0 unspecified atom stereocenters. The molecule has 0 spiro atoms. The number of nitro benzene ring substituents is 1. The van der Waals surface area contributed by atoms with E-state index in [1.165, 1.54) is 19.1 Å². The van der Waals surface area contributed by atoms with Crippen LogP contribution in [0.4, 0.5) is 11.4 Å². The van der Waals surface area contributed by atoms with Gasteiger partial charge in [0.15, 0.2) is 0 Å². The van der Waals surface area contributed by atoms with Crippen molar-refractivity contribution in [2.45, 2.75) is 26.2 Å². The lowest BCUT2D eigenvalue weighted by Gasteiger charge is -2.30. The minimum absolute atomic E-state index is 0.109. The van der Waals surface area contributed by atoms with E-state index >= 15 is 0 Å². The van der Waals surface area contributed by atoms with E-state index in [0.717, 1.165) is 38.0 Å². The first-order valence-electron chi connectivity index (χ1n) is 8.05. The molecule has 1 saturated heterocycles. The summed E-state index contributed by atoms with van der Waals surface area (Å²) in [6.45, 7) is 3.65. The fraction of sp³-hybridized carbons (Fsp3) is 0.500. The fourth-order valence-corrected chi connectivity index (χ4v) is 2.74. The number of carbonyl (C=O) groups is 2. The topological polar surface area (TPSA) is 105 Å². The van der Waals surface area contributed by atoms with E-state index in [9.17, 15) is 19.7 Å². The third kappa shape index (κ3) is 4.68. The molecule has 1 aliphatic heterocycles. The maximum Gasteiger partial charge on any atom is 0.270 e. The molecule has 0 aliphatic carbocycles. The van der Waals surface area contributed by atoms with Gasteiger partial charge in [0.25, 0.3) is 11.6 Å². The number of anilines is 1. The highest BCUT2D eigenvalue weighted by Crippen LogP contribution is 2.28. The molecule has 1 aromatic rings. The number of piperidine rings is 1. The summed E-state index contributed by atoms with van der Waals surface area (Å²) in [7, 11) is 0. The molecule has 0 saturated carbocycles. The number of nitrogens with one attached hydrogen (secondary N) is 2. The van der Waals surface area contributed by atoms with Gasteiger partial charge in [0.2, 0.25) is 5.91 Å². The molecule has 8 heteroatoms. The standard InChI is InChI=1S/C16H22N4O4/c1-12(21)17-7-8-18-16(22)14-11-13(20(23)24)5-6-15(14)19-9-3-2-4-10-19/h5-6,11H,2-4,7-10H2,1H3,(H,17,21)(H,18,22). The number of benzene rings is 1. The lowest BCUT2D eigenvalue weighted by molar-refractivity contribution is -0.384. The molecule has 2 rings (SSSR count). The van der Waals surface area contributed by atoms with Crippen LogP contribution in [0.3, 0.4) is 0 Å². The van der Waals surface area contributed by atoms with Gasteiger partial charge in [0.05, 0.1) is 16.2 Å². The van der Waals surface area contributed by atoms with Gasteiger partial charge in [-0.3, -0.25) is 19.7 Å². The highest BCUT2D eigenvalue weighted by atomic mass is 16.6. The zero-order valence-corrected chi connectivity index (χ0v) is 13.7. The van der Waals surface area contributed by atoms with Gasteiger partial charge in [-0.05, 0) is 25.3 Å². The van der Waals surface area contributed by atoms with Crippen molar-refractivity contribution in [3.05, 3.63) is 33.9 Å². The van der Waals surface area contributed by atoms with Crippen LogP contribution < -0.4 is 15.5 Å². The number of rotatable bonds is 6. The normalized spacial score (nSPS) is 14.1. The summed E-state index contributed by atoms with van der Waals surface area (Å²) in [6, 6.07) is 4.39. The van der Waals surface area contributed by atoms with Crippen LogP contribution in [-0.2, 0) is 4.79 Å². The van der Waals surface area contributed by atoms with E-state index in [4.69, 9.17) is 0 Å². The molecule has 1 aromatic carbocycles. The van der Waals surface area contributed by atoms with Crippen molar-refractivity contribution in [3.63, 3.8) is 0 Å². The SMILES string of the molecule is CC(=O)NCCNC(=O)c1cc([N+](=O)[O-])ccc1N1CCCCC1. The monoisotopic (exact) mass is 334 g/mol. The zero-order chi connectivity index (χ0) is 17.5. The summed E-state index contributed by atoms with van der Waals surface area (Å²) in [5.41, 5.74) is 0.911. The number of nitro groups is 1. The van der Waals surface area contributed by atoms with Gasteiger partial charge in [-0.2, -0.15) is 0 Å². The summed E-state index contributed by atoms with van der Waals surface area (Å²) in [5, 5.41) is 16.3. The highest BCUT2D eigenvalue weighted by molar-refractivity contribution is 6.00. The fourth-order valence-electron chi connectivity index (χ4n) is 2.74. The molecule has 8 nitrogen and oxygen atoms in total. The van der Waals surface area contributed by atoms with Crippen molar-refractivity contribution in [2.24, 2.45) is 0 Å². The second kappa shape index (κ2) is 8.28. The van der Waals surface area contributed by atoms with Gasteiger partial charge in [0, 0.05) is 45.2 Å². The Morgan fingerprint density at radius 1 is 1.17 bits per heavy atom. The van der Waals surface area contributed by atoms with E-state index in [0.29, 0.717) is 12.1 Å². The summed E-state index contributed by atoms with van der Waals surface area (Å²) in [4.78, 5) is 35.9. The van der Waals surface area contributed by atoms with E-state index in [1.807, 2.05) is 0 Å². The number of nitrogens with zero attached hydrogens (tertiary/aromatic N) is 2. The molecule has 0 bridgehead atoms. The Balaban J connectivity index is 2.16. The second-order valence-corrected chi connectivity index (χ2v) is 5.75. The van der Waals surface area contributed by atoms with Gasteiger partial charge < -0.3 is 15.5 Å². The van der Waals surface area contributed by atoms with Crippen LogP contribution in [0.15, 0.2) is 18.2 Å². The quantitative estimate of drug-likeness (QED) is 0.465. The van der Waals surface area contributed by atoms with Crippen LogP contribution in [0.5, 0.6) is 0 Å².